The monoisotopic (exact) mass is 213 g/mol. The Hall–Kier alpha value is -0.570. The fourth-order valence-corrected chi connectivity index (χ4v) is 1.58. The minimum atomic E-state index is -0.0744. The summed E-state index contributed by atoms with van der Waals surface area (Å²) in [6.07, 6.45) is 0. The molecule has 0 saturated carbocycles. The van der Waals surface area contributed by atoms with Gasteiger partial charge in [0.25, 0.3) is 0 Å². The molecule has 1 rings (SSSR count). The van der Waals surface area contributed by atoms with Crippen molar-refractivity contribution < 1.29 is 4.74 Å². The number of halogens is 1. The van der Waals surface area contributed by atoms with Crippen molar-refractivity contribution >= 4 is 11.6 Å². The Morgan fingerprint density at radius 3 is 2.29 bits per heavy atom. The topological polar surface area (TPSA) is 35.2 Å². The molecule has 0 aliphatic rings. The number of rotatable bonds is 3. The molecule has 1 aromatic carbocycles. The lowest BCUT2D eigenvalue weighted by Crippen LogP contribution is -2.16. The maximum atomic E-state index is 6.06. The van der Waals surface area contributed by atoms with E-state index in [0.29, 0.717) is 6.61 Å². The molecule has 2 N–H and O–H groups in total. The zero-order valence-corrected chi connectivity index (χ0v) is 9.56. The third-order valence-corrected chi connectivity index (χ3v) is 2.83. The van der Waals surface area contributed by atoms with Crippen LogP contribution in [-0.4, -0.2) is 13.7 Å². The summed E-state index contributed by atoms with van der Waals surface area (Å²) in [5.41, 5.74) is 9.13. The first kappa shape index (κ1) is 11.5. The number of hydrogen-bond donors (Lipinski definition) is 1. The molecule has 0 amide bonds. The molecule has 0 heterocycles. The van der Waals surface area contributed by atoms with Crippen molar-refractivity contribution in [1.82, 2.24) is 0 Å². The molecule has 78 valence electrons. The SMILES string of the molecule is COC[C@@H](N)c1cc(C)c(Cl)c(C)c1. The molecule has 0 spiro atoms. The molecule has 0 fully saturated rings. The normalized spacial score (nSPS) is 12.9. The second kappa shape index (κ2) is 4.78. The third kappa shape index (κ3) is 2.47. The van der Waals surface area contributed by atoms with E-state index in [2.05, 4.69) is 0 Å². The molecular formula is C11H16ClNO. The molecule has 0 bridgehead atoms. The standard InChI is InChI=1S/C11H16ClNO/c1-7-4-9(10(13)6-14-3)5-8(2)11(7)12/h4-5,10H,6,13H2,1-3H3/t10-/m1/s1. The Morgan fingerprint density at radius 1 is 1.36 bits per heavy atom. The molecular weight excluding hydrogens is 198 g/mol. The number of hydrogen-bond acceptors (Lipinski definition) is 2. The van der Waals surface area contributed by atoms with Gasteiger partial charge in [-0.3, -0.25) is 0 Å². The summed E-state index contributed by atoms with van der Waals surface area (Å²) >= 11 is 6.06. The van der Waals surface area contributed by atoms with E-state index in [9.17, 15) is 0 Å². The van der Waals surface area contributed by atoms with Crippen molar-refractivity contribution in [3.63, 3.8) is 0 Å². The van der Waals surface area contributed by atoms with E-state index in [1.54, 1.807) is 7.11 Å². The molecule has 0 unspecified atom stereocenters. The molecule has 0 aliphatic carbocycles. The highest BCUT2D eigenvalue weighted by atomic mass is 35.5. The van der Waals surface area contributed by atoms with Gasteiger partial charge in [-0.2, -0.15) is 0 Å². The highest BCUT2D eigenvalue weighted by Crippen LogP contribution is 2.24. The van der Waals surface area contributed by atoms with Crippen LogP contribution in [0.15, 0.2) is 12.1 Å². The van der Waals surface area contributed by atoms with Crippen LogP contribution >= 0.6 is 11.6 Å². The number of methoxy groups -OCH3 is 1. The highest BCUT2D eigenvalue weighted by Gasteiger charge is 2.08. The van der Waals surface area contributed by atoms with Gasteiger partial charge < -0.3 is 10.5 Å². The van der Waals surface area contributed by atoms with Crippen LogP contribution in [0.25, 0.3) is 0 Å². The zero-order chi connectivity index (χ0) is 10.7. The van der Waals surface area contributed by atoms with E-state index in [1.165, 1.54) is 0 Å². The first-order valence-electron chi connectivity index (χ1n) is 4.57. The molecule has 0 aromatic heterocycles. The summed E-state index contributed by atoms with van der Waals surface area (Å²) in [7, 11) is 1.65. The zero-order valence-electron chi connectivity index (χ0n) is 8.80. The highest BCUT2D eigenvalue weighted by molar-refractivity contribution is 6.32. The molecule has 1 aromatic rings. The summed E-state index contributed by atoms with van der Waals surface area (Å²) in [5.74, 6) is 0. The first-order chi connectivity index (χ1) is 6.56. The van der Waals surface area contributed by atoms with Crippen LogP contribution in [0.3, 0.4) is 0 Å². The average molecular weight is 214 g/mol. The Balaban J connectivity index is 3.00. The molecule has 0 aliphatic heterocycles. The minimum Gasteiger partial charge on any atom is -0.383 e. The summed E-state index contributed by atoms with van der Waals surface area (Å²) in [4.78, 5) is 0. The lowest BCUT2D eigenvalue weighted by molar-refractivity contribution is 0.181. The van der Waals surface area contributed by atoms with Crippen molar-refractivity contribution in [2.45, 2.75) is 19.9 Å². The second-order valence-electron chi connectivity index (χ2n) is 3.53. The Kier molecular flexibility index (Phi) is 3.93. The maximum Gasteiger partial charge on any atom is 0.0655 e. The minimum absolute atomic E-state index is 0.0744. The van der Waals surface area contributed by atoms with Crippen molar-refractivity contribution in [1.29, 1.82) is 0 Å². The molecule has 1 atom stereocenters. The lowest BCUT2D eigenvalue weighted by Gasteiger charge is -2.13. The predicted octanol–water partition coefficient (Wildman–Crippen LogP) is 2.60. The summed E-state index contributed by atoms with van der Waals surface area (Å²) < 4.78 is 5.01. The van der Waals surface area contributed by atoms with Crippen molar-refractivity contribution in [3.8, 4) is 0 Å². The smallest absolute Gasteiger partial charge is 0.0655 e. The van der Waals surface area contributed by atoms with Gasteiger partial charge in [0.15, 0.2) is 0 Å². The van der Waals surface area contributed by atoms with Crippen LogP contribution in [0.4, 0.5) is 0 Å². The predicted molar refractivity (Wildman–Crippen MR) is 59.7 cm³/mol. The molecule has 3 heteroatoms. The van der Waals surface area contributed by atoms with Gasteiger partial charge in [-0.1, -0.05) is 23.7 Å². The third-order valence-electron chi connectivity index (χ3n) is 2.23. The molecule has 0 saturated heterocycles. The average Bonchev–Trinajstić information content (AvgIpc) is 2.13. The van der Waals surface area contributed by atoms with Crippen LogP contribution in [0.5, 0.6) is 0 Å². The molecule has 14 heavy (non-hydrogen) atoms. The van der Waals surface area contributed by atoms with Gasteiger partial charge in [-0.05, 0) is 30.5 Å². The maximum absolute atomic E-state index is 6.06. The molecule has 0 radical (unpaired) electrons. The number of aryl methyl sites for hydroxylation is 2. The van der Waals surface area contributed by atoms with Crippen LogP contribution in [-0.2, 0) is 4.74 Å². The Labute approximate surface area is 90.0 Å². The summed E-state index contributed by atoms with van der Waals surface area (Å²) in [5, 5.41) is 0.818. The van der Waals surface area contributed by atoms with Crippen molar-refractivity contribution in [2.24, 2.45) is 5.73 Å². The Morgan fingerprint density at radius 2 is 1.86 bits per heavy atom. The van der Waals surface area contributed by atoms with Crippen LogP contribution in [0, 0.1) is 13.8 Å². The van der Waals surface area contributed by atoms with E-state index >= 15 is 0 Å². The van der Waals surface area contributed by atoms with E-state index in [-0.39, 0.29) is 6.04 Å². The number of benzene rings is 1. The number of ether oxygens (including phenoxy) is 1. The van der Waals surface area contributed by atoms with Gasteiger partial charge in [-0.15, -0.1) is 0 Å². The van der Waals surface area contributed by atoms with Gasteiger partial charge >= 0.3 is 0 Å². The van der Waals surface area contributed by atoms with Crippen molar-refractivity contribution in [2.75, 3.05) is 13.7 Å². The van der Waals surface area contributed by atoms with Gasteiger partial charge in [0.2, 0.25) is 0 Å². The summed E-state index contributed by atoms with van der Waals surface area (Å²) in [6.45, 7) is 4.50. The largest absolute Gasteiger partial charge is 0.383 e. The van der Waals surface area contributed by atoms with E-state index in [1.807, 2.05) is 26.0 Å². The van der Waals surface area contributed by atoms with Gasteiger partial charge in [0.1, 0.15) is 0 Å². The first-order valence-corrected chi connectivity index (χ1v) is 4.95. The van der Waals surface area contributed by atoms with Crippen LogP contribution < -0.4 is 5.73 Å². The van der Waals surface area contributed by atoms with E-state index in [0.717, 1.165) is 21.7 Å². The van der Waals surface area contributed by atoms with Gasteiger partial charge in [0.05, 0.1) is 12.6 Å². The second-order valence-corrected chi connectivity index (χ2v) is 3.91. The van der Waals surface area contributed by atoms with E-state index in [4.69, 9.17) is 22.1 Å². The van der Waals surface area contributed by atoms with Gasteiger partial charge in [-0.25, -0.2) is 0 Å². The van der Waals surface area contributed by atoms with Gasteiger partial charge in [0, 0.05) is 12.1 Å². The van der Waals surface area contributed by atoms with E-state index < -0.39 is 0 Å². The Bertz CT molecular complexity index is 302. The van der Waals surface area contributed by atoms with Crippen LogP contribution in [0.2, 0.25) is 5.02 Å². The fraction of sp³-hybridized carbons (Fsp3) is 0.455. The molecule has 2 nitrogen and oxygen atoms in total. The number of nitrogens with two attached hydrogens (primary N) is 1. The fourth-order valence-electron chi connectivity index (χ4n) is 1.47. The quantitative estimate of drug-likeness (QED) is 0.838. The van der Waals surface area contributed by atoms with Crippen LogP contribution in [0.1, 0.15) is 22.7 Å². The summed E-state index contributed by atoms with van der Waals surface area (Å²) in [6, 6.07) is 3.95. The lowest BCUT2D eigenvalue weighted by atomic mass is 10.0. The van der Waals surface area contributed by atoms with Crippen molar-refractivity contribution in [3.05, 3.63) is 33.8 Å².